The van der Waals surface area contributed by atoms with E-state index in [4.69, 9.17) is 5.11 Å². The Hall–Kier alpha value is -0.420. The van der Waals surface area contributed by atoms with Gasteiger partial charge in [0.1, 0.15) is 0 Å². The maximum Gasteiger partial charge on any atom is 0.303 e. The molecule has 0 spiro atoms. The number of carbonyl (C=O) groups is 1. The standard InChI is InChI=1S/C9H19NO3S/c1-7(5-6-8(11)12)10-14(13)9(2,3)4/h7,10H,5-6H2,1-4H3,(H,11,12)/t7-,14-/m0/s1. The zero-order valence-corrected chi connectivity index (χ0v) is 9.98. The topological polar surface area (TPSA) is 66.4 Å². The molecule has 0 aliphatic heterocycles. The molecular formula is C9H19NO3S. The van der Waals surface area contributed by atoms with Crippen LogP contribution in [0.15, 0.2) is 0 Å². The molecule has 0 aromatic carbocycles. The van der Waals surface area contributed by atoms with Gasteiger partial charge in [-0.25, -0.2) is 8.93 Å². The molecule has 84 valence electrons. The van der Waals surface area contributed by atoms with Crippen molar-refractivity contribution >= 4 is 17.0 Å². The molecule has 0 aliphatic carbocycles. The monoisotopic (exact) mass is 221 g/mol. The van der Waals surface area contributed by atoms with Crippen LogP contribution in [0.25, 0.3) is 0 Å². The Morgan fingerprint density at radius 3 is 2.36 bits per heavy atom. The zero-order chi connectivity index (χ0) is 11.4. The first-order valence-electron chi connectivity index (χ1n) is 4.63. The van der Waals surface area contributed by atoms with Crippen molar-refractivity contribution in [1.29, 1.82) is 0 Å². The predicted molar refractivity (Wildman–Crippen MR) is 57.4 cm³/mol. The highest BCUT2D eigenvalue weighted by Crippen LogP contribution is 2.10. The van der Waals surface area contributed by atoms with Crippen LogP contribution in [0.5, 0.6) is 0 Å². The molecule has 0 saturated heterocycles. The molecule has 14 heavy (non-hydrogen) atoms. The van der Waals surface area contributed by atoms with Gasteiger partial charge in [0.15, 0.2) is 0 Å². The average molecular weight is 221 g/mol. The molecule has 0 aliphatic rings. The fraction of sp³-hybridized carbons (Fsp3) is 0.889. The Bertz CT molecular complexity index is 223. The van der Waals surface area contributed by atoms with Gasteiger partial charge in [-0.2, -0.15) is 0 Å². The molecule has 0 rings (SSSR count). The molecule has 0 unspecified atom stereocenters. The largest absolute Gasteiger partial charge is 0.481 e. The van der Waals surface area contributed by atoms with Crippen LogP contribution in [0.1, 0.15) is 40.5 Å². The van der Waals surface area contributed by atoms with E-state index in [0.29, 0.717) is 6.42 Å². The molecule has 0 amide bonds. The van der Waals surface area contributed by atoms with Gasteiger partial charge in [-0.05, 0) is 34.1 Å². The first-order valence-corrected chi connectivity index (χ1v) is 5.78. The highest BCUT2D eigenvalue weighted by atomic mass is 32.2. The molecule has 0 radical (unpaired) electrons. The Balaban J connectivity index is 3.89. The van der Waals surface area contributed by atoms with Crippen LogP contribution in [-0.4, -0.2) is 26.1 Å². The van der Waals surface area contributed by atoms with E-state index in [-0.39, 0.29) is 17.2 Å². The van der Waals surface area contributed by atoms with Gasteiger partial charge in [-0.3, -0.25) is 4.79 Å². The van der Waals surface area contributed by atoms with Crippen LogP contribution in [0.3, 0.4) is 0 Å². The molecule has 0 fully saturated rings. The first kappa shape index (κ1) is 13.6. The highest BCUT2D eigenvalue weighted by molar-refractivity contribution is 7.84. The first-order chi connectivity index (χ1) is 6.23. The Morgan fingerprint density at radius 2 is 2.00 bits per heavy atom. The summed E-state index contributed by atoms with van der Waals surface area (Å²) >= 11 is 0. The fourth-order valence-electron chi connectivity index (χ4n) is 0.758. The van der Waals surface area contributed by atoms with Crippen molar-refractivity contribution in [3.05, 3.63) is 0 Å². The van der Waals surface area contributed by atoms with Crippen molar-refractivity contribution in [1.82, 2.24) is 4.72 Å². The summed E-state index contributed by atoms with van der Waals surface area (Å²) in [5, 5.41) is 8.45. The van der Waals surface area contributed by atoms with E-state index in [2.05, 4.69) is 4.72 Å². The van der Waals surface area contributed by atoms with Crippen molar-refractivity contribution in [2.75, 3.05) is 0 Å². The van der Waals surface area contributed by atoms with Gasteiger partial charge in [0.05, 0.1) is 15.7 Å². The van der Waals surface area contributed by atoms with Crippen molar-refractivity contribution < 1.29 is 14.1 Å². The Labute approximate surface area is 87.7 Å². The number of hydrogen-bond acceptors (Lipinski definition) is 2. The molecule has 0 bridgehead atoms. The second kappa shape index (κ2) is 5.46. The summed E-state index contributed by atoms with van der Waals surface area (Å²) in [7, 11) is -1.13. The number of rotatable bonds is 5. The van der Waals surface area contributed by atoms with Crippen LogP contribution in [-0.2, 0) is 15.8 Å². The van der Waals surface area contributed by atoms with E-state index in [9.17, 15) is 9.00 Å². The van der Waals surface area contributed by atoms with E-state index >= 15 is 0 Å². The van der Waals surface area contributed by atoms with Gasteiger partial charge < -0.3 is 5.11 Å². The third-order valence-electron chi connectivity index (χ3n) is 1.66. The van der Waals surface area contributed by atoms with E-state index in [1.54, 1.807) is 0 Å². The molecule has 5 heteroatoms. The van der Waals surface area contributed by atoms with E-state index in [1.165, 1.54) is 0 Å². The molecule has 2 N–H and O–H groups in total. The molecular weight excluding hydrogens is 202 g/mol. The molecule has 0 aromatic rings. The van der Waals surface area contributed by atoms with Gasteiger partial charge in [0, 0.05) is 12.5 Å². The summed E-state index contributed by atoms with van der Waals surface area (Å²) in [4.78, 5) is 10.3. The minimum absolute atomic E-state index is 0.0360. The average Bonchev–Trinajstić information content (AvgIpc) is 1.99. The molecule has 0 heterocycles. The molecule has 0 aromatic heterocycles. The maximum absolute atomic E-state index is 11.6. The van der Waals surface area contributed by atoms with Crippen LogP contribution in [0.4, 0.5) is 0 Å². The Kier molecular flexibility index (Phi) is 5.29. The quantitative estimate of drug-likeness (QED) is 0.735. The summed E-state index contributed by atoms with van der Waals surface area (Å²) in [5.74, 6) is -0.819. The number of aliphatic carboxylic acids is 1. The summed E-state index contributed by atoms with van der Waals surface area (Å²) in [6.45, 7) is 7.46. The lowest BCUT2D eigenvalue weighted by Crippen LogP contribution is -2.38. The summed E-state index contributed by atoms with van der Waals surface area (Å²) in [5.41, 5.74) is 0. The lowest BCUT2D eigenvalue weighted by molar-refractivity contribution is -0.137. The second-order valence-corrected chi connectivity index (χ2v) is 6.33. The van der Waals surface area contributed by atoms with Crippen molar-refractivity contribution in [3.63, 3.8) is 0 Å². The summed E-state index contributed by atoms with van der Waals surface area (Å²) in [6.07, 6.45) is 0.604. The number of hydrogen-bond donors (Lipinski definition) is 2. The maximum atomic E-state index is 11.6. The SMILES string of the molecule is C[C@@H](CCC(=O)O)N[S@@](=O)C(C)(C)C. The fourth-order valence-corrected chi connectivity index (χ4v) is 1.60. The molecule has 0 saturated carbocycles. The normalized spacial score (nSPS) is 16.3. The lowest BCUT2D eigenvalue weighted by atomic mass is 10.2. The number of carboxylic acid groups (broad SMARTS) is 1. The number of carboxylic acids is 1. The second-order valence-electron chi connectivity index (χ2n) is 4.33. The van der Waals surface area contributed by atoms with Gasteiger partial charge >= 0.3 is 5.97 Å². The van der Waals surface area contributed by atoms with Gasteiger partial charge in [0.25, 0.3) is 0 Å². The third kappa shape index (κ3) is 6.10. The van der Waals surface area contributed by atoms with Gasteiger partial charge in [0.2, 0.25) is 0 Å². The van der Waals surface area contributed by atoms with E-state index in [0.717, 1.165) is 0 Å². The summed E-state index contributed by atoms with van der Waals surface area (Å²) < 4.78 is 14.1. The highest BCUT2D eigenvalue weighted by Gasteiger charge is 2.21. The number of nitrogens with one attached hydrogen (secondary N) is 1. The van der Waals surface area contributed by atoms with Gasteiger partial charge in [-0.15, -0.1) is 0 Å². The van der Waals surface area contributed by atoms with E-state index < -0.39 is 17.0 Å². The predicted octanol–water partition coefficient (Wildman–Crippen LogP) is 1.29. The minimum atomic E-state index is -1.13. The van der Waals surface area contributed by atoms with E-state index in [1.807, 2.05) is 27.7 Å². The van der Waals surface area contributed by atoms with Crippen molar-refractivity contribution in [2.24, 2.45) is 0 Å². The Morgan fingerprint density at radius 1 is 1.50 bits per heavy atom. The van der Waals surface area contributed by atoms with Crippen molar-refractivity contribution in [2.45, 2.75) is 51.3 Å². The van der Waals surface area contributed by atoms with Crippen LogP contribution < -0.4 is 4.72 Å². The molecule has 2 atom stereocenters. The van der Waals surface area contributed by atoms with Crippen LogP contribution in [0, 0.1) is 0 Å². The van der Waals surface area contributed by atoms with Crippen LogP contribution >= 0.6 is 0 Å². The smallest absolute Gasteiger partial charge is 0.303 e. The minimum Gasteiger partial charge on any atom is -0.481 e. The zero-order valence-electron chi connectivity index (χ0n) is 9.16. The third-order valence-corrected chi connectivity index (χ3v) is 3.38. The van der Waals surface area contributed by atoms with Crippen molar-refractivity contribution in [3.8, 4) is 0 Å². The summed E-state index contributed by atoms with van der Waals surface area (Å²) in [6, 6.07) is -0.0360. The van der Waals surface area contributed by atoms with Gasteiger partial charge in [-0.1, -0.05) is 0 Å². The molecule has 4 nitrogen and oxygen atoms in total. The van der Waals surface area contributed by atoms with Crippen LogP contribution in [0.2, 0.25) is 0 Å². The lowest BCUT2D eigenvalue weighted by Gasteiger charge is -2.21.